The number of hydrogen-bond acceptors (Lipinski definition) is 5. The van der Waals surface area contributed by atoms with Crippen molar-refractivity contribution in [1.82, 2.24) is 18.7 Å². The van der Waals surface area contributed by atoms with Crippen molar-refractivity contribution in [3.63, 3.8) is 0 Å². The second-order valence-corrected chi connectivity index (χ2v) is 9.63. The van der Waals surface area contributed by atoms with Crippen molar-refractivity contribution in [2.75, 3.05) is 0 Å². The molecular formula is C31H30N6O3. The molecule has 202 valence electrons. The maximum absolute atomic E-state index is 13.0. The Hall–Kier alpha value is -5.18. The van der Waals surface area contributed by atoms with Crippen LogP contribution in [0.15, 0.2) is 92.4 Å². The van der Waals surface area contributed by atoms with Gasteiger partial charge in [0.25, 0.3) is 11.1 Å². The van der Waals surface area contributed by atoms with Gasteiger partial charge in [-0.05, 0) is 62.7 Å². The summed E-state index contributed by atoms with van der Waals surface area (Å²) < 4.78 is 6.62. The van der Waals surface area contributed by atoms with Crippen molar-refractivity contribution in [3.05, 3.63) is 122 Å². The van der Waals surface area contributed by atoms with Crippen LogP contribution in [-0.2, 0) is 14.1 Å². The molecule has 0 unspecified atom stereocenters. The highest BCUT2D eigenvalue weighted by Gasteiger charge is 2.17. The molecule has 3 aromatic carbocycles. The molecule has 0 bridgehead atoms. The van der Waals surface area contributed by atoms with Crippen molar-refractivity contribution in [1.29, 1.82) is 0 Å². The maximum atomic E-state index is 13.0. The van der Waals surface area contributed by atoms with Gasteiger partial charge in [0.05, 0.1) is 22.8 Å². The number of aryl methyl sites for hydroxylation is 1. The summed E-state index contributed by atoms with van der Waals surface area (Å²) in [6, 6.07) is 22.7. The summed E-state index contributed by atoms with van der Waals surface area (Å²) in [7, 11) is 3.38. The van der Waals surface area contributed by atoms with E-state index in [0.717, 1.165) is 16.9 Å². The van der Waals surface area contributed by atoms with Gasteiger partial charge in [0.1, 0.15) is 5.75 Å². The number of benzene rings is 3. The van der Waals surface area contributed by atoms with Gasteiger partial charge in [0.15, 0.2) is 11.4 Å². The van der Waals surface area contributed by atoms with Gasteiger partial charge in [-0.25, -0.2) is 19.3 Å². The first-order valence-corrected chi connectivity index (χ1v) is 12.8. The standard InChI is InChI=1S/C31H30N6O3/c1-20-16-23(18-32-27-21(2)36(34(4)30(27)39)25-12-8-6-9-13-25)29(38)24(17-20)19-33-28-22(3)37(35(5)31(28)40)26-14-10-7-11-15-26/h6-19,38H,1-5H3. The van der Waals surface area contributed by atoms with Gasteiger partial charge >= 0.3 is 0 Å². The third-order valence-corrected chi connectivity index (χ3v) is 6.89. The topological polar surface area (TPSA) is 98.8 Å². The van der Waals surface area contributed by atoms with E-state index in [4.69, 9.17) is 0 Å². The molecule has 0 saturated carbocycles. The van der Waals surface area contributed by atoms with Gasteiger partial charge < -0.3 is 5.11 Å². The zero-order valence-corrected chi connectivity index (χ0v) is 23.0. The molecule has 0 radical (unpaired) electrons. The van der Waals surface area contributed by atoms with E-state index in [1.54, 1.807) is 35.6 Å². The van der Waals surface area contributed by atoms with Crippen molar-refractivity contribution in [3.8, 4) is 17.1 Å². The molecule has 9 nitrogen and oxygen atoms in total. The lowest BCUT2D eigenvalue weighted by atomic mass is 10.1. The first kappa shape index (κ1) is 26.4. The van der Waals surface area contributed by atoms with E-state index in [2.05, 4.69) is 9.98 Å². The van der Waals surface area contributed by atoms with Gasteiger partial charge in [0, 0.05) is 37.7 Å². The molecule has 1 N–H and O–H groups in total. The van der Waals surface area contributed by atoms with Gasteiger partial charge in [-0.2, -0.15) is 0 Å². The summed E-state index contributed by atoms with van der Waals surface area (Å²) in [5.74, 6) is -0.0490. The van der Waals surface area contributed by atoms with Crippen LogP contribution in [0.1, 0.15) is 28.1 Å². The molecule has 0 fully saturated rings. The number of hydrogen-bond donors (Lipinski definition) is 1. The van der Waals surface area contributed by atoms with Crippen LogP contribution in [0, 0.1) is 20.8 Å². The fourth-order valence-corrected chi connectivity index (χ4v) is 4.92. The van der Waals surface area contributed by atoms with E-state index < -0.39 is 0 Å². The predicted molar refractivity (Wildman–Crippen MR) is 159 cm³/mol. The van der Waals surface area contributed by atoms with Crippen LogP contribution in [-0.4, -0.2) is 36.3 Å². The number of aromatic hydroxyl groups is 1. The Labute approximate surface area is 231 Å². The van der Waals surface area contributed by atoms with Gasteiger partial charge in [-0.3, -0.25) is 19.0 Å². The Kier molecular flexibility index (Phi) is 6.96. The zero-order chi connectivity index (χ0) is 28.6. The maximum Gasteiger partial charge on any atom is 0.292 e. The molecule has 9 heteroatoms. The molecule has 5 aromatic rings. The first-order valence-electron chi connectivity index (χ1n) is 12.8. The Balaban J connectivity index is 1.51. The third kappa shape index (κ3) is 4.62. The number of rotatable bonds is 6. The van der Waals surface area contributed by atoms with Crippen LogP contribution >= 0.6 is 0 Å². The molecule has 2 aromatic heterocycles. The lowest BCUT2D eigenvalue weighted by Gasteiger charge is -2.09. The molecule has 0 aliphatic heterocycles. The summed E-state index contributed by atoms with van der Waals surface area (Å²) >= 11 is 0. The summed E-state index contributed by atoms with van der Waals surface area (Å²) in [4.78, 5) is 34.9. The normalized spacial score (nSPS) is 11.7. The lowest BCUT2D eigenvalue weighted by molar-refractivity contribution is 0.473. The Morgan fingerprint density at radius 2 is 1.02 bits per heavy atom. The molecule has 0 spiro atoms. The van der Waals surface area contributed by atoms with Crippen LogP contribution in [0.2, 0.25) is 0 Å². The smallest absolute Gasteiger partial charge is 0.292 e. The number of aliphatic imine (C=N–C) groups is 2. The third-order valence-electron chi connectivity index (χ3n) is 6.89. The molecule has 0 saturated heterocycles. The van der Waals surface area contributed by atoms with Crippen molar-refractivity contribution >= 4 is 23.8 Å². The molecule has 0 aliphatic rings. The van der Waals surface area contributed by atoms with Crippen LogP contribution in [0.5, 0.6) is 5.75 Å². The van der Waals surface area contributed by atoms with E-state index in [1.165, 1.54) is 21.8 Å². The minimum absolute atomic E-state index is 0.0490. The highest BCUT2D eigenvalue weighted by molar-refractivity contribution is 5.94. The van der Waals surface area contributed by atoms with Gasteiger partial charge in [-0.1, -0.05) is 36.4 Å². The van der Waals surface area contributed by atoms with Crippen LogP contribution in [0.3, 0.4) is 0 Å². The quantitative estimate of drug-likeness (QED) is 0.317. The number of nitrogens with zero attached hydrogens (tertiary/aromatic N) is 6. The summed E-state index contributed by atoms with van der Waals surface area (Å²) in [5, 5.41) is 11.1. The second-order valence-electron chi connectivity index (χ2n) is 9.63. The fourth-order valence-electron chi connectivity index (χ4n) is 4.92. The van der Waals surface area contributed by atoms with E-state index in [-0.39, 0.29) is 28.2 Å². The predicted octanol–water partition coefficient (Wildman–Crippen LogP) is 4.80. The minimum Gasteiger partial charge on any atom is -0.507 e. The van der Waals surface area contributed by atoms with Crippen LogP contribution in [0.25, 0.3) is 11.4 Å². The average molecular weight is 535 g/mol. The van der Waals surface area contributed by atoms with Gasteiger partial charge in [0.2, 0.25) is 0 Å². The summed E-state index contributed by atoms with van der Waals surface area (Å²) in [6.45, 7) is 5.56. The highest BCUT2D eigenvalue weighted by Crippen LogP contribution is 2.25. The summed E-state index contributed by atoms with van der Waals surface area (Å²) in [6.07, 6.45) is 2.96. The molecular weight excluding hydrogens is 504 g/mol. The Morgan fingerprint density at radius 3 is 1.40 bits per heavy atom. The fraction of sp³-hybridized carbons (Fsp3) is 0.161. The first-order chi connectivity index (χ1) is 19.2. The Morgan fingerprint density at radius 1 is 0.650 bits per heavy atom. The number of aromatic nitrogens is 4. The van der Waals surface area contributed by atoms with E-state index in [9.17, 15) is 14.7 Å². The second kappa shape index (κ2) is 10.5. The molecule has 0 aliphatic carbocycles. The molecule has 40 heavy (non-hydrogen) atoms. The van der Waals surface area contributed by atoms with E-state index >= 15 is 0 Å². The van der Waals surface area contributed by atoms with E-state index in [1.807, 2.05) is 81.4 Å². The monoisotopic (exact) mass is 534 g/mol. The average Bonchev–Trinajstić information content (AvgIpc) is 3.30. The van der Waals surface area contributed by atoms with Gasteiger partial charge in [-0.15, -0.1) is 0 Å². The molecule has 0 amide bonds. The Bertz CT molecular complexity index is 1750. The van der Waals surface area contributed by atoms with E-state index in [0.29, 0.717) is 22.5 Å². The minimum atomic E-state index is -0.249. The number of phenolic OH excluding ortho intramolecular Hbond substituents is 1. The molecule has 5 rings (SSSR count). The number of phenols is 1. The summed E-state index contributed by atoms with van der Waals surface area (Å²) in [5.41, 5.74) is 4.84. The SMILES string of the molecule is Cc1cc(C=Nc2c(C)n(-c3ccccc3)n(C)c2=O)c(O)c(C=Nc2c(C)n(-c3ccccc3)n(C)c2=O)c1. The van der Waals surface area contributed by atoms with Crippen LogP contribution in [0.4, 0.5) is 11.4 Å². The number of para-hydroxylation sites is 2. The highest BCUT2D eigenvalue weighted by atomic mass is 16.3. The largest absolute Gasteiger partial charge is 0.507 e. The van der Waals surface area contributed by atoms with Crippen LogP contribution < -0.4 is 11.1 Å². The van der Waals surface area contributed by atoms with Crippen molar-refractivity contribution in [2.24, 2.45) is 24.1 Å². The van der Waals surface area contributed by atoms with Crippen molar-refractivity contribution in [2.45, 2.75) is 20.8 Å². The lowest BCUT2D eigenvalue weighted by Crippen LogP contribution is -2.18. The molecule has 0 atom stereocenters. The van der Waals surface area contributed by atoms with Crippen molar-refractivity contribution < 1.29 is 5.11 Å². The zero-order valence-electron chi connectivity index (χ0n) is 23.0. The molecule has 2 heterocycles.